The zero-order valence-electron chi connectivity index (χ0n) is 16.0. The third-order valence-electron chi connectivity index (χ3n) is 5.47. The summed E-state index contributed by atoms with van der Waals surface area (Å²) in [4.78, 5) is 0. The third-order valence-corrected chi connectivity index (χ3v) is 5.47. The summed E-state index contributed by atoms with van der Waals surface area (Å²) in [7, 11) is 2.93. The highest BCUT2D eigenvalue weighted by Gasteiger charge is 2.49. The minimum absolute atomic E-state index is 0.0766. The molecule has 0 aromatic heterocycles. The van der Waals surface area contributed by atoms with Crippen molar-refractivity contribution < 1.29 is 19.3 Å². The van der Waals surface area contributed by atoms with Crippen molar-refractivity contribution in [1.82, 2.24) is 10.9 Å². The molecular formula is C21H22N4O4. The highest BCUT2D eigenvalue weighted by molar-refractivity contribution is 5.56. The number of hydrogen-bond acceptors (Lipinski definition) is 8. The summed E-state index contributed by atoms with van der Waals surface area (Å²) in [6, 6.07) is 15.4. The Morgan fingerprint density at radius 1 is 1.07 bits per heavy atom. The fourth-order valence-electron chi connectivity index (χ4n) is 4.13. The quantitative estimate of drug-likeness (QED) is 0.621. The van der Waals surface area contributed by atoms with Crippen LogP contribution in [-0.2, 0) is 4.74 Å². The number of methoxy groups -OCH3 is 2. The molecule has 8 nitrogen and oxygen atoms in total. The van der Waals surface area contributed by atoms with E-state index in [0.29, 0.717) is 5.57 Å². The molecule has 0 spiro atoms. The number of nitrogens with zero attached hydrogens (tertiary/aromatic N) is 1. The number of hydrogen-bond donors (Lipinski definition) is 4. The number of phenolic OH excluding ortho intramolecular Hbond substituents is 1. The molecule has 4 unspecified atom stereocenters. The first kappa shape index (κ1) is 18.9. The van der Waals surface area contributed by atoms with Crippen molar-refractivity contribution in [2.45, 2.75) is 18.2 Å². The molecule has 150 valence electrons. The van der Waals surface area contributed by atoms with Crippen LogP contribution >= 0.6 is 0 Å². The number of nitrogens with one attached hydrogen (secondary N) is 2. The number of nitriles is 1. The van der Waals surface area contributed by atoms with Crippen LogP contribution in [-0.4, -0.2) is 25.6 Å². The van der Waals surface area contributed by atoms with Gasteiger partial charge in [-0.3, -0.25) is 0 Å². The standard InChI is InChI=1S/C21H22N4O4/c1-27-14-8-12(9-15(28-2)19(14)26)16-13(10-22)20(23)29-21-17(16)18(24-25-21)11-6-4-3-5-7-11/h3-9,16-18,21,24-26H,23H2,1-2H3. The number of aromatic hydroxyl groups is 1. The summed E-state index contributed by atoms with van der Waals surface area (Å²) >= 11 is 0. The van der Waals surface area contributed by atoms with Crippen LogP contribution in [0.25, 0.3) is 0 Å². The molecule has 1 fully saturated rings. The van der Waals surface area contributed by atoms with E-state index in [9.17, 15) is 10.4 Å². The summed E-state index contributed by atoms with van der Waals surface area (Å²) in [5.41, 5.74) is 14.6. The number of rotatable bonds is 4. The zero-order valence-corrected chi connectivity index (χ0v) is 16.0. The monoisotopic (exact) mass is 394 g/mol. The lowest BCUT2D eigenvalue weighted by atomic mass is 9.74. The van der Waals surface area contributed by atoms with Crippen molar-refractivity contribution in [3.8, 4) is 23.3 Å². The molecule has 2 aromatic carbocycles. The number of phenols is 1. The van der Waals surface area contributed by atoms with Gasteiger partial charge in [-0.25, -0.2) is 10.9 Å². The maximum Gasteiger partial charge on any atom is 0.200 e. The fraction of sp³-hybridized carbons (Fsp3) is 0.286. The fourth-order valence-corrected chi connectivity index (χ4v) is 4.13. The topological polar surface area (TPSA) is 122 Å². The normalized spacial score (nSPS) is 25.7. The van der Waals surface area contributed by atoms with Gasteiger partial charge in [0, 0.05) is 11.8 Å². The molecule has 0 saturated carbocycles. The van der Waals surface area contributed by atoms with Gasteiger partial charge >= 0.3 is 0 Å². The molecule has 0 aliphatic carbocycles. The molecule has 2 aliphatic rings. The summed E-state index contributed by atoms with van der Waals surface area (Å²) in [6.07, 6.45) is -0.437. The largest absolute Gasteiger partial charge is 0.502 e. The van der Waals surface area contributed by atoms with E-state index in [1.54, 1.807) is 12.1 Å². The van der Waals surface area contributed by atoms with Gasteiger partial charge in [-0.05, 0) is 23.3 Å². The van der Waals surface area contributed by atoms with Crippen molar-refractivity contribution in [2.24, 2.45) is 11.7 Å². The van der Waals surface area contributed by atoms with Gasteiger partial charge < -0.3 is 25.1 Å². The Morgan fingerprint density at radius 3 is 2.31 bits per heavy atom. The molecule has 0 radical (unpaired) electrons. The van der Waals surface area contributed by atoms with Crippen LogP contribution in [0, 0.1) is 17.2 Å². The lowest BCUT2D eigenvalue weighted by molar-refractivity contribution is 0.0340. The second-order valence-electron chi connectivity index (χ2n) is 6.93. The van der Waals surface area contributed by atoms with Crippen LogP contribution < -0.4 is 26.1 Å². The van der Waals surface area contributed by atoms with Crippen molar-refractivity contribution in [3.05, 3.63) is 65.0 Å². The zero-order chi connectivity index (χ0) is 20.5. The molecule has 8 heteroatoms. The summed E-state index contributed by atoms with van der Waals surface area (Å²) in [5, 5.41) is 20.2. The average Bonchev–Trinajstić information content (AvgIpc) is 3.17. The summed E-state index contributed by atoms with van der Waals surface area (Å²) < 4.78 is 16.4. The maximum atomic E-state index is 10.3. The second kappa shape index (κ2) is 7.54. The number of nitrogens with two attached hydrogens (primary N) is 1. The molecule has 2 aromatic rings. The van der Waals surface area contributed by atoms with Crippen LogP contribution in [0.4, 0.5) is 0 Å². The molecule has 2 aliphatic heterocycles. The predicted octanol–water partition coefficient (Wildman–Crippen LogP) is 2.01. The van der Waals surface area contributed by atoms with Gasteiger partial charge in [0.15, 0.2) is 17.7 Å². The SMILES string of the molecule is COc1cc(C2C(C#N)=C(N)OC3NNC(c4ccccc4)C32)cc(OC)c1O. The third kappa shape index (κ3) is 3.10. The Labute approximate surface area is 168 Å². The van der Waals surface area contributed by atoms with Gasteiger partial charge in [0.05, 0.1) is 25.8 Å². The minimum atomic E-state index is -0.437. The predicted molar refractivity (Wildman–Crippen MR) is 105 cm³/mol. The first-order valence-corrected chi connectivity index (χ1v) is 9.16. The van der Waals surface area contributed by atoms with E-state index in [1.165, 1.54) is 14.2 Å². The molecule has 0 bridgehead atoms. The van der Waals surface area contributed by atoms with Gasteiger partial charge in [-0.1, -0.05) is 30.3 Å². The smallest absolute Gasteiger partial charge is 0.200 e. The first-order valence-electron chi connectivity index (χ1n) is 9.16. The molecular weight excluding hydrogens is 372 g/mol. The average molecular weight is 394 g/mol. The van der Waals surface area contributed by atoms with E-state index in [0.717, 1.165) is 11.1 Å². The summed E-state index contributed by atoms with van der Waals surface area (Å²) in [6.45, 7) is 0. The van der Waals surface area contributed by atoms with Crippen molar-refractivity contribution in [2.75, 3.05) is 14.2 Å². The van der Waals surface area contributed by atoms with Crippen LogP contribution in [0.5, 0.6) is 17.2 Å². The Balaban J connectivity index is 1.88. The van der Waals surface area contributed by atoms with Crippen LogP contribution in [0.15, 0.2) is 53.9 Å². The molecule has 2 heterocycles. The molecule has 1 saturated heterocycles. The molecule has 4 rings (SSSR count). The second-order valence-corrected chi connectivity index (χ2v) is 6.93. The highest BCUT2D eigenvalue weighted by Crippen LogP contribution is 2.50. The highest BCUT2D eigenvalue weighted by atomic mass is 16.5. The number of hydrazine groups is 1. The Kier molecular flexibility index (Phi) is 4.92. The van der Waals surface area contributed by atoms with E-state index >= 15 is 0 Å². The van der Waals surface area contributed by atoms with Gasteiger partial charge in [-0.2, -0.15) is 5.26 Å². The van der Waals surface area contributed by atoms with Crippen molar-refractivity contribution in [3.63, 3.8) is 0 Å². The Morgan fingerprint density at radius 2 is 1.72 bits per heavy atom. The Bertz CT molecular complexity index is 961. The lowest BCUT2D eigenvalue weighted by Crippen LogP contribution is -2.41. The van der Waals surface area contributed by atoms with Crippen molar-refractivity contribution in [1.29, 1.82) is 5.26 Å². The van der Waals surface area contributed by atoms with Crippen LogP contribution in [0.3, 0.4) is 0 Å². The number of fused-ring (bicyclic) bond motifs is 1. The van der Waals surface area contributed by atoms with E-state index in [1.807, 2.05) is 30.3 Å². The van der Waals surface area contributed by atoms with E-state index < -0.39 is 12.1 Å². The van der Waals surface area contributed by atoms with Gasteiger partial charge in [0.25, 0.3) is 0 Å². The van der Waals surface area contributed by atoms with Crippen LogP contribution in [0.1, 0.15) is 23.1 Å². The van der Waals surface area contributed by atoms with E-state index in [2.05, 4.69) is 16.9 Å². The number of benzene rings is 2. The van der Waals surface area contributed by atoms with E-state index in [-0.39, 0.29) is 35.1 Å². The number of ether oxygens (including phenoxy) is 3. The van der Waals surface area contributed by atoms with Crippen molar-refractivity contribution >= 4 is 0 Å². The van der Waals surface area contributed by atoms with Gasteiger partial charge in [0.1, 0.15) is 6.07 Å². The van der Waals surface area contributed by atoms with Gasteiger partial charge in [-0.15, -0.1) is 0 Å². The van der Waals surface area contributed by atoms with Gasteiger partial charge in [0.2, 0.25) is 11.6 Å². The maximum absolute atomic E-state index is 10.3. The van der Waals surface area contributed by atoms with Crippen LogP contribution in [0.2, 0.25) is 0 Å². The molecule has 29 heavy (non-hydrogen) atoms. The Hall–Kier alpha value is -3.41. The molecule has 5 N–H and O–H groups in total. The minimum Gasteiger partial charge on any atom is -0.502 e. The van der Waals surface area contributed by atoms with E-state index in [4.69, 9.17) is 19.9 Å². The lowest BCUT2D eigenvalue weighted by Gasteiger charge is -2.36. The molecule has 4 atom stereocenters. The first-order chi connectivity index (χ1) is 14.1. The summed E-state index contributed by atoms with van der Waals surface area (Å²) in [5.74, 6) is -0.0945. The number of allylic oxidation sites excluding steroid dienone is 1. The molecule has 0 amide bonds.